The molecule has 3 aromatic rings. The number of carbonyl (C=O) groups is 1. The minimum atomic E-state index is -0.674. The van der Waals surface area contributed by atoms with Gasteiger partial charge in [-0.25, -0.2) is 9.37 Å². The number of primary amides is 1. The van der Waals surface area contributed by atoms with E-state index in [0.717, 1.165) is 17.1 Å². The van der Waals surface area contributed by atoms with Gasteiger partial charge in [0.1, 0.15) is 12.1 Å². The number of imidazole rings is 1. The molecule has 0 unspecified atom stereocenters. The fourth-order valence-corrected chi connectivity index (χ4v) is 2.07. The first-order chi connectivity index (χ1) is 9.16. The summed E-state index contributed by atoms with van der Waals surface area (Å²) in [5.74, 6) is -1.17. The SMILES string of the molecule is NC(=O)c1cc(F)ccc1-n1cnc2ccccc21. The summed E-state index contributed by atoms with van der Waals surface area (Å²) < 4.78 is 14.9. The summed E-state index contributed by atoms with van der Waals surface area (Å²) in [6.45, 7) is 0. The van der Waals surface area contributed by atoms with Crippen LogP contribution in [-0.4, -0.2) is 15.5 Å². The number of hydrogen-bond acceptors (Lipinski definition) is 2. The smallest absolute Gasteiger partial charge is 0.250 e. The lowest BCUT2D eigenvalue weighted by Crippen LogP contribution is -2.14. The summed E-state index contributed by atoms with van der Waals surface area (Å²) in [5, 5.41) is 0. The van der Waals surface area contributed by atoms with Gasteiger partial charge in [-0.15, -0.1) is 0 Å². The molecule has 0 aliphatic rings. The molecule has 0 aliphatic heterocycles. The van der Waals surface area contributed by atoms with E-state index < -0.39 is 11.7 Å². The van der Waals surface area contributed by atoms with Crippen LogP contribution in [0.15, 0.2) is 48.8 Å². The number of amides is 1. The molecule has 0 saturated heterocycles. The second-order valence-corrected chi connectivity index (χ2v) is 4.13. The van der Waals surface area contributed by atoms with Gasteiger partial charge in [-0.1, -0.05) is 12.1 Å². The Balaban J connectivity index is 2.30. The Hall–Kier alpha value is -2.69. The van der Waals surface area contributed by atoms with Gasteiger partial charge in [0.15, 0.2) is 0 Å². The highest BCUT2D eigenvalue weighted by Gasteiger charge is 2.13. The molecule has 0 fully saturated rings. The van der Waals surface area contributed by atoms with Crippen molar-refractivity contribution < 1.29 is 9.18 Å². The van der Waals surface area contributed by atoms with E-state index in [1.54, 1.807) is 10.9 Å². The Labute approximate surface area is 108 Å². The van der Waals surface area contributed by atoms with Crippen LogP contribution < -0.4 is 5.73 Å². The molecule has 0 aliphatic carbocycles. The summed E-state index contributed by atoms with van der Waals surface area (Å²) in [7, 11) is 0. The fraction of sp³-hybridized carbons (Fsp3) is 0. The van der Waals surface area contributed by atoms with Crippen LogP contribution in [0.1, 0.15) is 10.4 Å². The Morgan fingerprint density at radius 1 is 1.21 bits per heavy atom. The molecule has 94 valence electrons. The van der Waals surface area contributed by atoms with Gasteiger partial charge in [0.05, 0.1) is 22.3 Å². The Morgan fingerprint density at radius 3 is 2.79 bits per heavy atom. The maximum Gasteiger partial charge on any atom is 0.250 e. The molecule has 0 radical (unpaired) electrons. The van der Waals surface area contributed by atoms with Crippen molar-refractivity contribution in [3.63, 3.8) is 0 Å². The zero-order valence-corrected chi connectivity index (χ0v) is 9.88. The van der Waals surface area contributed by atoms with Crippen molar-refractivity contribution in [2.24, 2.45) is 5.73 Å². The lowest BCUT2D eigenvalue weighted by atomic mass is 10.1. The largest absolute Gasteiger partial charge is 0.366 e. The third-order valence-electron chi connectivity index (χ3n) is 2.94. The van der Waals surface area contributed by atoms with Gasteiger partial charge in [-0.3, -0.25) is 9.36 Å². The molecule has 3 rings (SSSR count). The van der Waals surface area contributed by atoms with Gasteiger partial charge in [0, 0.05) is 0 Å². The number of para-hydroxylation sites is 2. The predicted molar refractivity (Wildman–Crippen MR) is 69.5 cm³/mol. The number of carbonyl (C=O) groups excluding carboxylic acids is 1. The molecule has 19 heavy (non-hydrogen) atoms. The van der Waals surface area contributed by atoms with Gasteiger partial charge in [0.2, 0.25) is 0 Å². The number of fused-ring (bicyclic) bond motifs is 1. The third kappa shape index (κ3) is 1.85. The maximum absolute atomic E-state index is 13.2. The first kappa shape index (κ1) is 11.4. The van der Waals surface area contributed by atoms with Gasteiger partial charge in [-0.2, -0.15) is 0 Å². The van der Waals surface area contributed by atoms with Crippen LogP contribution in [0.3, 0.4) is 0 Å². The van der Waals surface area contributed by atoms with E-state index in [9.17, 15) is 9.18 Å². The van der Waals surface area contributed by atoms with Crippen molar-refractivity contribution in [1.29, 1.82) is 0 Å². The van der Waals surface area contributed by atoms with Gasteiger partial charge in [-0.05, 0) is 30.3 Å². The van der Waals surface area contributed by atoms with E-state index >= 15 is 0 Å². The first-order valence-corrected chi connectivity index (χ1v) is 5.68. The van der Waals surface area contributed by atoms with Crippen molar-refractivity contribution in [2.45, 2.75) is 0 Å². The summed E-state index contributed by atoms with van der Waals surface area (Å²) in [6.07, 6.45) is 1.59. The monoisotopic (exact) mass is 255 g/mol. The highest BCUT2D eigenvalue weighted by Crippen LogP contribution is 2.21. The van der Waals surface area contributed by atoms with Gasteiger partial charge < -0.3 is 5.73 Å². The quantitative estimate of drug-likeness (QED) is 0.763. The predicted octanol–water partition coefficient (Wildman–Crippen LogP) is 2.26. The van der Waals surface area contributed by atoms with Crippen molar-refractivity contribution >= 4 is 16.9 Å². The molecule has 1 heterocycles. The highest BCUT2D eigenvalue weighted by molar-refractivity contribution is 5.97. The van der Waals surface area contributed by atoms with E-state index in [2.05, 4.69) is 4.98 Å². The second kappa shape index (κ2) is 4.20. The number of hydrogen-bond donors (Lipinski definition) is 1. The zero-order valence-electron chi connectivity index (χ0n) is 9.88. The summed E-state index contributed by atoms with van der Waals surface area (Å²) >= 11 is 0. The molecule has 1 aromatic heterocycles. The summed E-state index contributed by atoms with van der Waals surface area (Å²) in [4.78, 5) is 15.7. The van der Waals surface area contributed by atoms with Gasteiger partial charge >= 0.3 is 0 Å². The first-order valence-electron chi connectivity index (χ1n) is 5.68. The third-order valence-corrected chi connectivity index (χ3v) is 2.94. The van der Waals surface area contributed by atoms with Crippen molar-refractivity contribution in [3.05, 3.63) is 60.2 Å². The molecule has 0 spiro atoms. The molecule has 4 nitrogen and oxygen atoms in total. The van der Waals surface area contributed by atoms with E-state index in [1.165, 1.54) is 12.1 Å². The lowest BCUT2D eigenvalue weighted by Gasteiger charge is -2.08. The number of aromatic nitrogens is 2. The standard InChI is InChI=1S/C14H10FN3O/c15-9-5-6-12(10(7-9)14(16)19)18-8-17-11-3-1-2-4-13(11)18/h1-8H,(H2,16,19). The van der Waals surface area contributed by atoms with Gasteiger partial charge in [0.25, 0.3) is 5.91 Å². The Kier molecular flexibility index (Phi) is 2.52. The molecule has 2 aromatic carbocycles. The minimum absolute atomic E-state index is 0.128. The zero-order chi connectivity index (χ0) is 13.4. The molecular formula is C14H10FN3O. The van der Waals surface area contributed by atoms with Crippen molar-refractivity contribution in [2.75, 3.05) is 0 Å². The average molecular weight is 255 g/mol. The minimum Gasteiger partial charge on any atom is -0.366 e. The molecule has 2 N–H and O–H groups in total. The van der Waals surface area contributed by atoms with Crippen LogP contribution in [0.25, 0.3) is 16.7 Å². The molecular weight excluding hydrogens is 245 g/mol. The summed E-state index contributed by atoms with van der Waals surface area (Å²) in [5.41, 5.74) is 7.56. The van der Waals surface area contributed by atoms with Crippen LogP contribution >= 0.6 is 0 Å². The van der Waals surface area contributed by atoms with E-state index in [0.29, 0.717) is 5.69 Å². The molecule has 1 amide bonds. The topological polar surface area (TPSA) is 60.9 Å². The van der Waals surface area contributed by atoms with E-state index in [1.807, 2.05) is 24.3 Å². The molecule has 0 saturated carbocycles. The van der Waals surface area contributed by atoms with Crippen LogP contribution in [-0.2, 0) is 0 Å². The van der Waals surface area contributed by atoms with Crippen molar-refractivity contribution in [1.82, 2.24) is 9.55 Å². The van der Waals surface area contributed by atoms with Crippen LogP contribution in [0.5, 0.6) is 0 Å². The number of halogens is 1. The maximum atomic E-state index is 13.2. The lowest BCUT2D eigenvalue weighted by molar-refractivity contribution is 0.1000. The van der Waals surface area contributed by atoms with Crippen molar-refractivity contribution in [3.8, 4) is 5.69 Å². The van der Waals surface area contributed by atoms with Crippen LogP contribution in [0.2, 0.25) is 0 Å². The highest BCUT2D eigenvalue weighted by atomic mass is 19.1. The summed E-state index contributed by atoms with van der Waals surface area (Å²) in [6, 6.07) is 11.4. The Morgan fingerprint density at radius 2 is 2.00 bits per heavy atom. The number of benzene rings is 2. The average Bonchev–Trinajstić information content (AvgIpc) is 2.82. The number of rotatable bonds is 2. The molecule has 0 bridgehead atoms. The Bertz CT molecular complexity index is 779. The molecule has 5 heteroatoms. The van der Waals surface area contributed by atoms with Crippen LogP contribution in [0, 0.1) is 5.82 Å². The number of nitrogens with zero attached hydrogens (tertiary/aromatic N) is 2. The van der Waals surface area contributed by atoms with Crippen LogP contribution in [0.4, 0.5) is 4.39 Å². The molecule has 0 atom stereocenters. The fourth-order valence-electron chi connectivity index (χ4n) is 2.07. The second-order valence-electron chi connectivity index (χ2n) is 4.13. The van der Waals surface area contributed by atoms with E-state index in [4.69, 9.17) is 5.73 Å². The van der Waals surface area contributed by atoms with E-state index in [-0.39, 0.29) is 5.56 Å². The number of nitrogens with two attached hydrogens (primary N) is 1. The normalized spacial score (nSPS) is 10.8.